The summed E-state index contributed by atoms with van der Waals surface area (Å²) in [5.74, 6) is 0. The average Bonchev–Trinajstić information content (AvgIpc) is 2.56. The third kappa shape index (κ3) is 1.40. The first-order chi connectivity index (χ1) is 6.74. The molecule has 0 radical (unpaired) electrons. The number of benzene rings is 1. The van der Waals surface area contributed by atoms with Gasteiger partial charge in [-0.3, -0.25) is 4.79 Å². The Morgan fingerprint density at radius 3 is 2.86 bits per heavy atom. The molecular weight excluding hydrogens is 196 g/mol. The fourth-order valence-electron chi connectivity index (χ4n) is 1.57. The molecule has 14 heavy (non-hydrogen) atoms. The van der Waals surface area contributed by atoms with Gasteiger partial charge in [-0.15, -0.1) is 0 Å². The predicted molar refractivity (Wildman–Crippen MR) is 58.3 cm³/mol. The van der Waals surface area contributed by atoms with Crippen LogP contribution in [0.1, 0.15) is 22.8 Å². The van der Waals surface area contributed by atoms with Crippen LogP contribution in [0, 0.1) is 0 Å². The molecule has 0 aliphatic carbocycles. The first-order valence-corrected chi connectivity index (χ1v) is 5.27. The van der Waals surface area contributed by atoms with E-state index in [4.69, 9.17) is 0 Å². The SMILES string of the molecule is CCc1cc(C=O)cc2cc(O)sc12. The van der Waals surface area contributed by atoms with Crippen molar-refractivity contribution in [2.24, 2.45) is 0 Å². The van der Waals surface area contributed by atoms with Crippen molar-refractivity contribution >= 4 is 27.7 Å². The van der Waals surface area contributed by atoms with Crippen LogP contribution in [0.25, 0.3) is 10.1 Å². The lowest BCUT2D eigenvalue weighted by Gasteiger charge is -1.99. The molecule has 1 heterocycles. The Labute approximate surface area is 85.8 Å². The van der Waals surface area contributed by atoms with Gasteiger partial charge in [0.2, 0.25) is 0 Å². The molecule has 72 valence electrons. The monoisotopic (exact) mass is 206 g/mol. The van der Waals surface area contributed by atoms with E-state index in [2.05, 4.69) is 0 Å². The van der Waals surface area contributed by atoms with Gasteiger partial charge in [-0.1, -0.05) is 18.3 Å². The molecule has 0 aliphatic heterocycles. The van der Waals surface area contributed by atoms with Crippen molar-refractivity contribution in [1.29, 1.82) is 0 Å². The van der Waals surface area contributed by atoms with E-state index in [0.717, 1.165) is 28.4 Å². The quantitative estimate of drug-likeness (QED) is 0.767. The molecule has 0 unspecified atom stereocenters. The number of carbonyl (C=O) groups is 1. The third-order valence-electron chi connectivity index (χ3n) is 2.22. The largest absolute Gasteiger partial charge is 0.499 e. The van der Waals surface area contributed by atoms with Crippen LogP contribution in [-0.4, -0.2) is 11.4 Å². The lowest BCUT2D eigenvalue weighted by atomic mass is 10.1. The van der Waals surface area contributed by atoms with Gasteiger partial charge in [-0.05, 0) is 35.6 Å². The highest BCUT2D eigenvalue weighted by atomic mass is 32.1. The van der Waals surface area contributed by atoms with Gasteiger partial charge < -0.3 is 5.11 Å². The van der Waals surface area contributed by atoms with E-state index in [0.29, 0.717) is 10.6 Å². The molecule has 2 nitrogen and oxygen atoms in total. The Morgan fingerprint density at radius 1 is 1.43 bits per heavy atom. The number of thiophene rings is 1. The van der Waals surface area contributed by atoms with Gasteiger partial charge in [0.05, 0.1) is 0 Å². The minimum absolute atomic E-state index is 0.303. The molecule has 0 aliphatic rings. The molecule has 1 N–H and O–H groups in total. The summed E-state index contributed by atoms with van der Waals surface area (Å²) in [7, 11) is 0. The van der Waals surface area contributed by atoms with Crippen LogP contribution >= 0.6 is 11.3 Å². The Bertz CT molecular complexity index is 485. The van der Waals surface area contributed by atoms with E-state index in [1.54, 1.807) is 12.1 Å². The highest BCUT2D eigenvalue weighted by Crippen LogP contribution is 2.33. The average molecular weight is 206 g/mol. The molecule has 0 saturated carbocycles. The van der Waals surface area contributed by atoms with Gasteiger partial charge in [0.25, 0.3) is 0 Å². The fraction of sp³-hybridized carbons (Fsp3) is 0.182. The first kappa shape index (κ1) is 9.21. The van der Waals surface area contributed by atoms with Crippen LogP contribution in [0.3, 0.4) is 0 Å². The van der Waals surface area contributed by atoms with Crippen molar-refractivity contribution in [3.05, 3.63) is 29.3 Å². The second-order valence-electron chi connectivity index (χ2n) is 3.15. The van der Waals surface area contributed by atoms with E-state index < -0.39 is 0 Å². The third-order valence-corrected chi connectivity index (χ3v) is 3.25. The lowest BCUT2D eigenvalue weighted by molar-refractivity contribution is 0.112. The molecule has 2 rings (SSSR count). The van der Waals surface area contributed by atoms with Crippen molar-refractivity contribution in [3.8, 4) is 5.06 Å². The van der Waals surface area contributed by atoms with Gasteiger partial charge in [-0.2, -0.15) is 0 Å². The zero-order valence-corrected chi connectivity index (χ0v) is 8.60. The maximum Gasteiger partial charge on any atom is 0.172 e. The summed E-state index contributed by atoms with van der Waals surface area (Å²) in [5, 5.41) is 10.6. The van der Waals surface area contributed by atoms with E-state index >= 15 is 0 Å². The number of carbonyl (C=O) groups excluding carboxylic acids is 1. The first-order valence-electron chi connectivity index (χ1n) is 4.45. The summed E-state index contributed by atoms with van der Waals surface area (Å²) >= 11 is 1.36. The Balaban J connectivity index is 2.78. The second kappa shape index (κ2) is 3.42. The van der Waals surface area contributed by atoms with Crippen LogP contribution in [0.15, 0.2) is 18.2 Å². The van der Waals surface area contributed by atoms with Crippen molar-refractivity contribution in [2.45, 2.75) is 13.3 Å². The summed E-state index contributed by atoms with van der Waals surface area (Å²) in [6.45, 7) is 2.04. The molecule has 1 aromatic heterocycles. The van der Waals surface area contributed by atoms with Crippen molar-refractivity contribution < 1.29 is 9.90 Å². The zero-order chi connectivity index (χ0) is 10.1. The van der Waals surface area contributed by atoms with E-state index in [1.165, 1.54) is 11.3 Å². The molecule has 0 spiro atoms. The van der Waals surface area contributed by atoms with Crippen molar-refractivity contribution in [1.82, 2.24) is 0 Å². The topological polar surface area (TPSA) is 37.3 Å². The molecule has 0 bridgehead atoms. The Kier molecular flexibility index (Phi) is 2.25. The normalized spacial score (nSPS) is 10.6. The molecule has 3 heteroatoms. The summed E-state index contributed by atoms with van der Waals surface area (Å²) in [6, 6.07) is 5.38. The van der Waals surface area contributed by atoms with Crippen LogP contribution in [0.2, 0.25) is 0 Å². The summed E-state index contributed by atoms with van der Waals surface area (Å²) < 4.78 is 1.08. The number of aldehydes is 1. The molecule has 1 aromatic carbocycles. The van der Waals surface area contributed by atoms with Crippen LogP contribution in [0.5, 0.6) is 5.06 Å². The number of hydrogen-bond acceptors (Lipinski definition) is 3. The number of fused-ring (bicyclic) bond motifs is 1. The Morgan fingerprint density at radius 2 is 2.21 bits per heavy atom. The minimum atomic E-state index is 0.303. The van der Waals surface area contributed by atoms with Crippen LogP contribution < -0.4 is 0 Å². The van der Waals surface area contributed by atoms with Crippen LogP contribution in [0.4, 0.5) is 0 Å². The number of aryl methyl sites for hydroxylation is 1. The minimum Gasteiger partial charge on any atom is -0.499 e. The molecule has 0 amide bonds. The van der Waals surface area contributed by atoms with Gasteiger partial charge in [0.15, 0.2) is 5.06 Å². The number of hydrogen-bond donors (Lipinski definition) is 1. The highest BCUT2D eigenvalue weighted by molar-refractivity contribution is 7.20. The molecule has 0 saturated heterocycles. The summed E-state index contributed by atoms with van der Waals surface area (Å²) in [5.41, 5.74) is 1.79. The van der Waals surface area contributed by atoms with Gasteiger partial charge in [0.1, 0.15) is 6.29 Å². The molecule has 0 fully saturated rings. The van der Waals surface area contributed by atoms with E-state index in [-0.39, 0.29) is 0 Å². The smallest absolute Gasteiger partial charge is 0.172 e. The van der Waals surface area contributed by atoms with Gasteiger partial charge >= 0.3 is 0 Å². The molecular formula is C11H10O2S. The van der Waals surface area contributed by atoms with Crippen molar-refractivity contribution in [3.63, 3.8) is 0 Å². The second-order valence-corrected chi connectivity index (χ2v) is 4.19. The van der Waals surface area contributed by atoms with Crippen LogP contribution in [-0.2, 0) is 6.42 Å². The molecule has 0 atom stereocenters. The van der Waals surface area contributed by atoms with Gasteiger partial charge in [-0.25, -0.2) is 0 Å². The highest BCUT2D eigenvalue weighted by Gasteiger charge is 2.06. The summed E-state index contributed by atoms with van der Waals surface area (Å²) in [4.78, 5) is 10.7. The Hall–Kier alpha value is -1.35. The lowest BCUT2D eigenvalue weighted by Crippen LogP contribution is -1.85. The fourth-order valence-corrected chi connectivity index (χ4v) is 2.53. The number of rotatable bonds is 2. The summed E-state index contributed by atoms with van der Waals surface area (Å²) in [6.07, 6.45) is 1.71. The maximum absolute atomic E-state index is 10.7. The maximum atomic E-state index is 10.7. The van der Waals surface area contributed by atoms with Gasteiger partial charge in [0, 0.05) is 10.3 Å². The number of aromatic hydroxyl groups is 1. The van der Waals surface area contributed by atoms with E-state index in [9.17, 15) is 9.90 Å². The predicted octanol–water partition coefficient (Wildman–Crippen LogP) is 2.98. The molecule has 2 aromatic rings. The standard InChI is InChI=1S/C11H10O2S/c1-2-8-3-7(6-12)4-9-5-10(13)14-11(8)9/h3-6,13H,2H2,1H3. The van der Waals surface area contributed by atoms with E-state index in [1.807, 2.05) is 13.0 Å². The zero-order valence-electron chi connectivity index (χ0n) is 7.78. The van der Waals surface area contributed by atoms with Crippen molar-refractivity contribution in [2.75, 3.05) is 0 Å².